The van der Waals surface area contributed by atoms with Crippen LogP contribution in [0.1, 0.15) is 42.9 Å². The summed E-state index contributed by atoms with van der Waals surface area (Å²) in [4.78, 5) is 25.2. The fourth-order valence-electron chi connectivity index (χ4n) is 3.72. The van der Waals surface area contributed by atoms with E-state index in [-0.39, 0.29) is 17.9 Å². The number of carbonyl (C=O) groups is 1. The summed E-state index contributed by atoms with van der Waals surface area (Å²) < 4.78 is 3.16. The first-order valence-electron chi connectivity index (χ1n) is 10.9. The highest BCUT2D eigenvalue weighted by molar-refractivity contribution is 5.75. The summed E-state index contributed by atoms with van der Waals surface area (Å²) in [7, 11) is 0. The number of amides is 1. The maximum Gasteiger partial charge on any atom is 0.276 e. The lowest BCUT2D eigenvalue weighted by Gasteiger charge is -2.08. The molecule has 0 aliphatic rings. The number of hydrogen-bond donors (Lipinski definition) is 1. The standard InChI is InChI=1S/C26H28N4O2/c1-18(2)21-7-9-22(10-8-21)23-16-24-26(32)29(13-14-30(24)28-23)12-11-25(31)27-17-20-6-4-5-19(3)15-20/h4-10,13-16,18H,11-12,17H2,1-3H3,(H,27,31). The maximum atomic E-state index is 12.9. The van der Waals surface area contributed by atoms with E-state index in [9.17, 15) is 9.59 Å². The Morgan fingerprint density at radius 3 is 2.56 bits per heavy atom. The van der Waals surface area contributed by atoms with Gasteiger partial charge >= 0.3 is 0 Å². The number of nitrogens with zero attached hydrogens (tertiary/aromatic N) is 3. The molecule has 0 aliphatic carbocycles. The van der Waals surface area contributed by atoms with Crippen LogP contribution >= 0.6 is 0 Å². The molecule has 2 aromatic heterocycles. The molecule has 2 aromatic carbocycles. The van der Waals surface area contributed by atoms with E-state index in [2.05, 4.69) is 36.4 Å². The highest BCUT2D eigenvalue weighted by atomic mass is 16.1. The zero-order valence-electron chi connectivity index (χ0n) is 18.7. The third kappa shape index (κ3) is 4.80. The second kappa shape index (κ2) is 9.22. The Morgan fingerprint density at radius 1 is 1.06 bits per heavy atom. The predicted molar refractivity (Wildman–Crippen MR) is 127 cm³/mol. The lowest BCUT2D eigenvalue weighted by Crippen LogP contribution is -2.27. The van der Waals surface area contributed by atoms with Gasteiger partial charge in [0.15, 0.2) is 0 Å². The summed E-state index contributed by atoms with van der Waals surface area (Å²) in [6.45, 7) is 7.14. The quantitative estimate of drug-likeness (QED) is 0.477. The number of nitrogens with one attached hydrogen (secondary N) is 1. The van der Waals surface area contributed by atoms with Crippen LogP contribution in [0.4, 0.5) is 0 Å². The summed E-state index contributed by atoms with van der Waals surface area (Å²) in [6, 6.07) is 18.1. The third-order valence-electron chi connectivity index (χ3n) is 5.63. The van der Waals surface area contributed by atoms with Crippen LogP contribution in [0.3, 0.4) is 0 Å². The van der Waals surface area contributed by atoms with Crippen LogP contribution < -0.4 is 10.9 Å². The molecule has 4 rings (SSSR count). The van der Waals surface area contributed by atoms with E-state index in [0.717, 1.165) is 22.4 Å². The van der Waals surface area contributed by atoms with E-state index < -0.39 is 0 Å². The third-order valence-corrected chi connectivity index (χ3v) is 5.63. The number of aryl methyl sites for hydroxylation is 2. The fourth-order valence-corrected chi connectivity index (χ4v) is 3.72. The molecule has 6 heteroatoms. The van der Waals surface area contributed by atoms with Crippen molar-refractivity contribution in [1.29, 1.82) is 0 Å². The molecule has 4 aromatic rings. The molecule has 0 spiro atoms. The monoisotopic (exact) mass is 428 g/mol. The lowest BCUT2D eigenvalue weighted by atomic mass is 10.0. The van der Waals surface area contributed by atoms with Gasteiger partial charge in [-0.3, -0.25) is 9.59 Å². The number of hydrogen-bond acceptors (Lipinski definition) is 3. The predicted octanol–water partition coefficient (Wildman–Crippen LogP) is 4.30. The smallest absolute Gasteiger partial charge is 0.276 e. The van der Waals surface area contributed by atoms with Gasteiger partial charge in [-0.1, -0.05) is 67.9 Å². The van der Waals surface area contributed by atoms with Crippen molar-refractivity contribution < 1.29 is 4.79 Å². The van der Waals surface area contributed by atoms with E-state index in [0.29, 0.717) is 24.5 Å². The number of fused-ring (bicyclic) bond motifs is 1. The van der Waals surface area contributed by atoms with Crippen LogP contribution in [-0.2, 0) is 17.9 Å². The van der Waals surface area contributed by atoms with Gasteiger partial charge in [-0.05, 0) is 30.0 Å². The van der Waals surface area contributed by atoms with Gasteiger partial charge in [0.25, 0.3) is 5.56 Å². The zero-order chi connectivity index (χ0) is 22.7. The van der Waals surface area contributed by atoms with Gasteiger partial charge in [-0.25, -0.2) is 4.52 Å². The minimum Gasteiger partial charge on any atom is -0.352 e. The Kier molecular flexibility index (Phi) is 6.21. The van der Waals surface area contributed by atoms with Crippen molar-refractivity contribution in [3.05, 3.63) is 94.0 Å². The summed E-state index contributed by atoms with van der Waals surface area (Å²) in [5.41, 5.74) is 5.55. The fraction of sp³-hybridized carbons (Fsp3) is 0.269. The molecule has 0 bridgehead atoms. The molecule has 0 unspecified atom stereocenters. The average Bonchev–Trinajstić information content (AvgIpc) is 3.23. The van der Waals surface area contributed by atoms with Crippen LogP contribution in [0.15, 0.2) is 71.8 Å². The van der Waals surface area contributed by atoms with E-state index in [4.69, 9.17) is 0 Å². The Morgan fingerprint density at radius 2 is 1.84 bits per heavy atom. The summed E-state index contributed by atoms with van der Waals surface area (Å²) >= 11 is 0. The van der Waals surface area contributed by atoms with Gasteiger partial charge in [0.1, 0.15) is 5.52 Å². The number of rotatable bonds is 7. The largest absolute Gasteiger partial charge is 0.352 e. The lowest BCUT2D eigenvalue weighted by molar-refractivity contribution is -0.121. The second-order valence-corrected chi connectivity index (χ2v) is 8.45. The molecule has 32 heavy (non-hydrogen) atoms. The molecule has 0 saturated heterocycles. The molecule has 1 amide bonds. The van der Waals surface area contributed by atoms with Crippen LogP contribution in [0.5, 0.6) is 0 Å². The van der Waals surface area contributed by atoms with Crippen molar-refractivity contribution in [1.82, 2.24) is 19.5 Å². The first-order chi connectivity index (χ1) is 15.4. The summed E-state index contributed by atoms with van der Waals surface area (Å²) in [6.07, 6.45) is 3.68. The summed E-state index contributed by atoms with van der Waals surface area (Å²) in [5.74, 6) is 0.379. The SMILES string of the molecule is Cc1cccc(CNC(=O)CCn2ccn3nc(-c4ccc(C(C)C)cc4)cc3c2=O)c1. The first kappa shape index (κ1) is 21.6. The Labute approximate surface area is 187 Å². The first-order valence-corrected chi connectivity index (χ1v) is 10.9. The second-order valence-electron chi connectivity index (χ2n) is 8.45. The number of aromatic nitrogens is 3. The molecule has 6 nitrogen and oxygen atoms in total. The van der Waals surface area contributed by atoms with Gasteiger partial charge in [0.2, 0.25) is 5.91 Å². The minimum absolute atomic E-state index is 0.0854. The summed E-state index contributed by atoms with van der Waals surface area (Å²) in [5, 5.41) is 7.47. The molecule has 164 valence electrons. The topological polar surface area (TPSA) is 68.4 Å². The molecule has 0 radical (unpaired) electrons. The Hall–Kier alpha value is -3.67. The van der Waals surface area contributed by atoms with Crippen LogP contribution in [0.2, 0.25) is 0 Å². The van der Waals surface area contributed by atoms with E-state index in [1.165, 1.54) is 5.56 Å². The van der Waals surface area contributed by atoms with Crippen molar-refractivity contribution in [2.45, 2.75) is 46.2 Å². The molecule has 1 N–H and O–H groups in total. The Bertz CT molecular complexity index is 1300. The van der Waals surface area contributed by atoms with Crippen molar-refractivity contribution >= 4 is 11.4 Å². The highest BCUT2D eigenvalue weighted by Crippen LogP contribution is 2.22. The molecule has 2 heterocycles. The van der Waals surface area contributed by atoms with Crippen molar-refractivity contribution in [2.75, 3.05) is 0 Å². The molecule has 0 atom stereocenters. The van der Waals surface area contributed by atoms with E-state index in [1.54, 1.807) is 27.5 Å². The van der Waals surface area contributed by atoms with Crippen molar-refractivity contribution in [3.8, 4) is 11.3 Å². The van der Waals surface area contributed by atoms with E-state index >= 15 is 0 Å². The van der Waals surface area contributed by atoms with E-state index in [1.807, 2.05) is 43.3 Å². The molecule has 0 fully saturated rings. The number of carbonyl (C=O) groups excluding carboxylic acids is 1. The van der Waals surface area contributed by atoms with Gasteiger partial charge < -0.3 is 9.88 Å². The number of benzene rings is 2. The maximum absolute atomic E-state index is 12.9. The van der Waals surface area contributed by atoms with Crippen LogP contribution in [0.25, 0.3) is 16.8 Å². The molecule has 0 saturated carbocycles. The Balaban J connectivity index is 1.44. The average molecular weight is 429 g/mol. The highest BCUT2D eigenvalue weighted by Gasteiger charge is 2.11. The molecular formula is C26H28N4O2. The van der Waals surface area contributed by atoms with Crippen LogP contribution in [0, 0.1) is 6.92 Å². The van der Waals surface area contributed by atoms with Crippen LogP contribution in [-0.4, -0.2) is 20.1 Å². The normalized spacial score (nSPS) is 11.2. The molecule has 0 aliphatic heterocycles. The zero-order valence-corrected chi connectivity index (χ0v) is 18.7. The molecular weight excluding hydrogens is 400 g/mol. The van der Waals surface area contributed by atoms with Gasteiger partial charge in [0.05, 0.1) is 5.69 Å². The van der Waals surface area contributed by atoms with Crippen molar-refractivity contribution in [2.24, 2.45) is 0 Å². The van der Waals surface area contributed by atoms with Gasteiger partial charge in [0, 0.05) is 37.5 Å². The van der Waals surface area contributed by atoms with Gasteiger partial charge in [-0.2, -0.15) is 5.10 Å². The van der Waals surface area contributed by atoms with Crippen molar-refractivity contribution in [3.63, 3.8) is 0 Å². The minimum atomic E-state index is -0.156. The van der Waals surface area contributed by atoms with Gasteiger partial charge in [-0.15, -0.1) is 0 Å².